The SMILES string of the molecule is CC[C@H]1[C@@H](C)CC=C2C(Cl)CCC[C@@H]21. The van der Waals surface area contributed by atoms with Gasteiger partial charge in [-0.1, -0.05) is 38.3 Å². The van der Waals surface area contributed by atoms with Crippen LogP contribution in [0.1, 0.15) is 46.0 Å². The van der Waals surface area contributed by atoms with E-state index in [4.69, 9.17) is 11.6 Å². The highest BCUT2D eigenvalue weighted by molar-refractivity contribution is 6.22. The lowest BCUT2D eigenvalue weighted by molar-refractivity contribution is 0.212. The second-order valence-corrected chi connectivity index (χ2v) is 5.52. The second-order valence-electron chi connectivity index (χ2n) is 4.99. The van der Waals surface area contributed by atoms with E-state index in [0.29, 0.717) is 5.38 Å². The minimum Gasteiger partial charge on any atom is -0.118 e. The van der Waals surface area contributed by atoms with Crippen molar-refractivity contribution >= 4 is 11.6 Å². The number of allylic oxidation sites excluding steroid dienone is 2. The molecule has 0 aromatic heterocycles. The number of halogens is 1. The van der Waals surface area contributed by atoms with Gasteiger partial charge in [-0.15, -0.1) is 11.6 Å². The van der Waals surface area contributed by atoms with Crippen molar-refractivity contribution in [1.29, 1.82) is 0 Å². The van der Waals surface area contributed by atoms with Gasteiger partial charge in [-0.25, -0.2) is 0 Å². The van der Waals surface area contributed by atoms with Gasteiger partial charge >= 0.3 is 0 Å². The molecular weight excluding hydrogens is 192 g/mol. The molecule has 4 atom stereocenters. The maximum Gasteiger partial charge on any atom is 0.0548 e. The summed E-state index contributed by atoms with van der Waals surface area (Å²) in [7, 11) is 0. The molecule has 0 aromatic carbocycles. The maximum atomic E-state index is 6.39. The highest BCUT2D eigenvalue weighted by Gasteiger charge is 2.36. The van der Waals surface area contributed by atoms with Crippen LogP contribution < -0.4 is 0 Å². The average molecular weight is 213 g/mol. The lowest BCUT2D eigenvalue weighted by Gasteiger charge is -2.41. The van der Waals surface area contributed by atoms with Gasteiger partial charge in [0.2, 0.25) is 0 Å². The third-order valence-electron chi connectivity index (χ3n) is 4.21. The van der Waals surface area contributed by atoms with Crippen molar-refractivity contribution < 1.29 is 0 Å². The van der Waals surface area contributed by atoms with Crippen LogP contribution in [-0.2, 0) is 0 Å². The maximum absolute atomic E-state index is 6.39. The smallest absolute Gasteiger partial charge is 0.0548 e. The molecule has 0 bridgehead atoms. The minimum atomic E-state index is 0.357. The lowest BCUT2D eigenvalue weighted by atomic mass is 9.66. The van der Waals surface area contributed by atoms with E-state index < -0.39 is 0 Å². The van der Waals surface area contributed by atoms with Gasteiger partial charge in [0.15, 0.2) is 0 Å². The molecule has 0 aliphatic heterocycles. The summed E-state index contributed by atoms with van der Waals surface area (Å²) in [5.74, 6) is 2.59. The van der Waals surface area contributed by atoms with E-state index in [-0.39, 0.29) is 0 Å². The molecular formula is C13H21Cl. The fraction of sp³-hybridized carbons (Fsp3) is 0.846. The van der Waals surface area contributed by atoms with Gasteiger partial charge in [0.25, 0.3) is 0 Å². The summed E-state index contributed by atoms with van der Waals surface area (Å²) in [5.41, 5.74) is 1.59. The summed E-state index contributed by atoms with van der Waals surface area (Å²) in [6.07, 6.45) is 8.95. The lowest BCUT2D eigenvalue weighted by Crippen LogP contribution is -2.32. The van der Waals surface area contributed by atoms with Gasteiger partial charge < -0.3 is 0 Å². The molecule has 0 N–H and O–H groups in total. The molecule has 14 heavy (non-hydrogen) atoms. The van der Waals surface area contributed by atoms with E-state index in [1.165, 1.54) is 32.1 Å². The topological polar surface area (TPSA) is 0 Å². The molecule has 0 radical (unpaired) electrons. The van der Waals surface area contributed by atoms with Gasteiger partial charge in [0.05, 0.1) is 5.38 Å². The molecule has 0 amide bonds. The Morgan fingerprint density at radius 1 is 1.43 bits per heavy atom. The number of rotatable bonds is 1. The third kappa shape index (κ3) is 1.74. The van der Waals surface area contributed by atoms with E-state index in [2.05, 4.69) is 19.9 Å². The first kappa shape index (κ1) is 10.5. The van der Waals surface area contributed by atoms with Crippen molar-refractivity contribution in [2.45, 2.75) is 51.3 Å². The Balaban J connectivity index is 2.21. The Morgan fingerprint density at radius 3 is 2.93 bits per heavy atom. The highest BCUT2D eigenvalue weighted by atomic mass is 35.5. The molecule has 0 spiro atoms. The number of hydrogen-bond acceptors (Lipinski definition) is 0. The molecule has 1 heteroatoms. The van der Waals surface area contributed by atoms with Gasteiger partial charge in [-0.3, -0.25) is 0 Å². The second kappa shape index (κ2) is 4.26. The molecule has 2 rings (SSSR count). The number of alkyl halides is 1. The molecule has 1 unspecified atom stereocenters. The van der Waals surface area contributed by atoms with E-state index in [1.807, 2.05) is 0 Å². The van der Waals surface area contributed by atoms with E-state index in [0.717, 1.165) is 17.8 Å². The van der Waals surface area contributed by atoms with Crippen LogP contribution in [0.15, 0.2) is 11.6 Å². The van der Waals surface area contributed by atoms with Gasteiger partial charge in [0.1, 0.15) is 0 Å². The zero-order chi connectivity index (χ0) is 10.1. The Bertz CT molecular complexity index is 231. The summed E-state index contributed by atoms with van der Waals surface area (Å²) in [6, 6.07) is 0. The predicted molar refractivity (Wildman–Crippen MR) is 62.6 cm³/mol. The van der Waals surface area contributed by atoms with Crippen molar-refractivity contribution in [3.63, 3.8) is 0 Å². The van der Waals surface area contributed by atoms with Crippen molar-refractivity contribution in [2.75, 3.05) is 0 Å². The molecule has 2 aliphatic rings. The monoisotopic (exact) mass is 212 g/mol. The van der Waals surface area contributed by atoms with Crippen molar-refractivity contribution in [3.8, 4) is 0 Å². The average Bonchev–Trinajstić information content (AvgIpc) is 2.18. The first-order valence-electron chi connectivity index (χ1n) is 6.08. The number of hydrogen-bond donors (Lipinski definition) is 0. The van der Waals surface area contributed by atoms with Crippen LogP contribution in [0.25, 0.3) is 0 Å². The fourth-order valence-electron chi connectivity index (χ4n) is 3.40. The Morgan fingerprint density at radius 2 is 2.21 bits per heavy atom. The van der Waals surface area contributed by atoms with Crippen LogP contribution in [0.5, 0.6) is 0 Å². The fourth-order valence-corrected chi connectivity index (χ4v) is 3.81. The highest BCUT2D eigenvalue weighted by Crippen LogP contribution is 2.45. The van der Waals surface area contributed by atoms with Crippen LogP contribution in [0.2, 0.25) is 0 Å². The first-order chi connectivity index (χ1) is 6.74. The van der Waals surface area contributed by atoms with E-state index in [1.54, 1.807) is 5.57 Å². The van der Waals surface area contributed by atoms with Crippen LogP contribution in [0.3, 0.4) is 0 Å². The summed E-state index contributed by atoms with van der Waals surface area (Å²) in [5, 5.41) is 0.357. The van der Waals surface area contributed by atoms with Gasteiger partial charge in [-0.05, 0) is 37.0 Å². The van der Waals surface area contributed by atoms with E-state index in [9.17, 15) is 0 Å². The van der Waals surface area contributed by atoms with Crippen LogP contribution >= 0.6 is 11.6 Å². The molecule has 0 nitrogen and oxygen atoms in total. The Hall–Kier alpha value is 0.0300. The predicted octanol–water partition coefficient (Wildman–Crippen LogP) is 4.39. The Labute approximate surface area is 92.7 Å². The van der Waals surface area contributed by atoms with Crippen LogP contribution in [-0.4, -0.2) is 5.38 Å². The van der Waals surface area contributed by atoms with Crippen LogP contribution in [0.4, 0.5) is 0 Å². The van der Waals surface area contributed by atoms with Crippen molar-refractivity contribution in [3.05, 3.63) is 11.6 Å². The summed E-state index contributed by atoms with van der Waals surface area (Å²) >= 11 is 6.39. The summed E-state index contributed by atoms with van der Waals surface area (Å²) in [6.45, 7) is 4.74. The summed E-state index contributed by atoms with van der Waals surface area (Å²) in [4.78, 5) is 0. The van der Waals surface area contributed by atoms with Crippen molar-refractivity contribution in [1.82, 2.24) is 0 Å². The molecule has 1 saturated carbocycles. The van der Waals surface area contributed by atoms with Crippen LogP contribution in [0, 0.1) is 17.8 Å². The molecule has 1 fully saturated rings. The minimum absolute atomic E-state index is 0.357. The Kier molecular flexibility index (Phi) is 3.21. The first-order valence-corrected chi connectivity index (χ1v) is 6.51. The molecule has 2 aliphatic carbocycles. The normalized spacial score (nSPS) is 42.9. The van der Waals surface area contributed by atoms with Crippen molar-refractivity contribution in [2.24, 2.45) is 17.8 Å². The molecule has 80 valence electrons. The zero-order valence-electron chi connectivity index (χ0n) is 9.30. The molecule has 0 heterocycles. The van der Waals surface area contributed by atoms with E-state index >= 15 is 0 Å². The van der Waals surface area contributed by atoms with Gasteiger partial charge in [0, 0.05) is 0 Å². The largest absolute Gasteiger partial charge is 0.118 e. The summed E-state index contributed by atoms with van der Waals surface area (Å²) < 4.78 is 0. The standard InChI is InChI=1S/C13H21Cl/c1-3-10-9(2)7-8-12-11(10)5-4-6-13(12)14/h8-11,13H,3-7H2,1-2H3/t9-,10-,11+,13?/m0/s1. The number of fused-ring (bicyclic) bond motifs is 1. The third-order valence-corrected chi connectivity index (χ3v) is 4.68. The molecule has 0 aromatic rings. The quantitative estimate of drug-likeness (QED) is 0.447. The van der Waals surface area contributed by atoms with Gasteiger partial charge in [-0.2, -0.15) is 0 Å². The zero-order valence-corrected chi connectivity index (χ0v) is 10.1. The molecule has 0 saturated heterocycles.